The number of aryl methyl sites for hydroxylation is 1. The second-order valence-electron chi connectivity index (χ2n) is 5.72. The third-order valence-electron chi connectivity index (χ3n) is 3.94. The normalized spacial score (nSPS) is 24.7. The van der Waals surface area contributed by atoms with Crippen LogP contribution >= 0.6 is 11.8 Å². The van der Waals surface area contributed by atoms with Crippen molar-refractivity contribution >= 4 is 17.5 Å². The molecule has 0 amide bonds. The van der Waals surface area contributed by atoms with E-state index in [1.807, 2.05) is 38.7 Å². The van der Waals surface area contributed by atoms with Gasteiger partial charge in [-0.05, 0) is 19.9 Å². The highest BCUT2D eigenvalue weighted by Crippen LogP contribution is 2.25. The molecule has 1 aliphatic heterocycles. The Morgan fingerprint density at radius 3 is 2.37 bits per heavy atom. The molecule has 1 fully saturated rings. The van der Waals surface area contributed by atoms with Crippen LogP contribution in [-0.4, -0.2) is 45.4 Å². The van der Waals surface area contributed by atoms with E-state index in [1.54, 1.807) is 0 Å². The Labute approximate surface area is 120 Å². The Balaban J connectivity index is 2.06. The molecular formula is C15H24N2OS. The molecule has 2 heterocycles. The van der Waals surface area contributed by atoms with E-state index < -0.39 is 0 Å². The SMILES string of the molecule is Cc1cc(C(=O)CN2CC(C)SC(C)C2)c(C)n1C. The molecule has 1 aromatic heterocycles. The third kappa shape index (κ3) is 3.23. The van der Waals surface area contributed by atoms with Crippen LogP contribution in [0.2, 0.25) is 0 Å². The fourth-order valence-corrected chi connectivity index (χ4v) is 4.23. The van der Waals surface area contributed by atoms with Crippen LogP contribution in [0.25, 0.3) is 0 Å². The first kappa shape index (κ1) is 14.7. The van der Waals surface area contributed by atoms with Crippen LogP contribution in [0.15, 0.2) is 6.07 Å². The van der Waals surface area contributed by atoms with E-state index in [-0.39, 0.29) is 5.78 Å². The monoisotopic (exact) mass is 280 g/mol. The quantitative estimate of drug-likeness (QED) is 0.796. The van der Waals surface area contributed by atoms with Crippen molar-refractivity contribution in [2.75, 3.05) is 19.6 Å². The average Bonchev–Trinajstić information content (AvgIpc) is 2.55. The average molecular weight is 280 g/mol. The number of nitrogens with zero attached hydrogens (tertiary/aromatic N) is 2. The maximum atomic E-state index is 12.5. The Hall–Kier alpha value is -0.740. The van der Waals surface area contributed by atoms with Crippen molar-refractivity contribution in [3.05, 3.63) is 23.0 Å². The van der Waals surface area contributed by atoms with Gasteiger partial charge < -0.3 is 4.57 Å². The van der Waals surface area contributed by atoms with Gasteiger partial charge in [-0.2, -0.15) is 11.8 Å². The highest BCUT2D eigenvalue weighted by Gasteiger charge is 2.25. The number of aromatic nitrogens is 1. The van der Waals surface area contributed by atoms with Gasteiger partial charge in [-0.15, -0.1) is 0 Å². The van der Waals surface area contributed by atoms with Gasteiger partial charge in [-0.25, -0.2) is 0 Å². The second-order valence-corrected chi connectivity index (χ2v) is 7.60. The predicted molar refractivity (Wildman–Crippen MR) is 82.2 cm³/mol. The van der Waals surface area contributed by atoms with Gasteiger partial charge in [0, 0.05) is 47.6 Å². The molecule has 19 heavy (non-hydrogen) atoms. The summed E-state index contributed by atoms with van der Waals surface area (Å²) in [4.78, 5) is 14.8. The number of carbonyl (C=O) groups excluding carboxylic acids is 1. The van der Waals surface area contributed by atoms with E-state index in [4.69, 9.17) is 0 Å². The Kier molecular flexibility index (Phi) is 4.41. The number of rotatable bonds is 3. The molecule has 2 atom stereocenters. The highest BCUT2D eigenvalue weighted by atomic mass is 32.2. The topological polar surface area (TPSA) is 25.2 Å². The summed E-state index contributed by atoms with van der Waals surface area (Å²) in [6.07, 6.45) is 0. The van der Waals surface area contributed by atoms with Gasteiger partial charge in [-0.3, -0.25) is 9.69 Å². The number of Topliss-reactive ketones (excluding diaryl/α,β-unsaturated/α-hetero) is 1. The van der Waals surface area contributed by atoms with Crippen molar-refractivity contribution in [1.29, 1.82) is 0 Å². The summed E-state index contributed by atoms with van der Waals surface area (Å²) in [6, 6.07) is 2.02. The first-order valence-electron chi connectivity index (χ1n) is 6.92. The molecule has 3 nitrogen and oxygen atoms in total. The first-order chi connectivity index (χ1) is 8.88. The minimum absolute atomic E-state index is 0.257. The summed E-state index contributed by atoms with van der Waals surface area (Å²) < 4.78 is 2.09. The van der Waals surface area contributed by atoms with Crippen molar-refractivity contribution in [3.8, 4) is 0 Å². The zero-order valence-electron chi connectivity index (χ0n) is 12.6. The smallest absolute Gasteiger partial charge is 0.178 e. The molecule has 1 aliphatic rings. The number of carbonyl (C=O) groups is 1. The van der Waals surface area contributed by atoms with Crippen LogP contribution in [-0.2, 0) is 7.05 Å². The lowest BCUT2D eigenvalue weighted by molar-refractivity contribution is 0.0929. The molecule has 106 valence electrons. The molecule has 0 bridgehead atoms. The maximum absolute atomic E-state index is 12.5. The van der Waals surface area contributed by atoms with Crippen LogP contribution < -0.4 is 0 Å². The molecule has 0 spiro atoms. The van der Waals surface area contributed by atoms with Crippen LogP contribution in [0.4, 0.5) is 0 Å². The van der Waals surface area contributed by atoms with Crippen molar-refractivity contribution < 1.29 is 4.79 Å². The molecule has 4 heteroatoms. The van der Waals surface area contributed by atoms with Gasteiger partial charge in [0.25, 0.3) is 0 Å². The zero-order chi connectivity index (χ0) is 14.2. The van der Waals surface area contributed by atoms with Crippen LogP contribution in [0.5, 0.6) is 0 Å². The molecule has 0 radical (unpaired) electrons. The Bertz CT molecular complexity index is 471. The number of ketones is 1. The molecule has 2 unspecified atom stereocenters. The molecule has 1 aromatic rings. The lowest BCUT2D eigenvalue weighted by Gasteiger charge is -2.34. The molecule has 0 aliphatic carbocycles. The van der Waals surface area contributed by atoms with Crippen molar-refractivity contribution in [3.63, 3.8) is 0 Å². The summed E-state index contributed by atoms with van der Waals surface area (Å²) in [5.74, 6) is 0.257. The lowest BCUT2D eigenvalue weighted by atomic mass is 10.1. The van der Waals surface area contributed by atoms with Crippen LogP contribution in [0.3, 0.4) is 0 Å². The van der Waals surface area contributed by atoms with E-state index in [0.717, 1.165) is 30.0 Å². The van der Waals surface area contributed by atoms with Crippen molar-refractivity contribution in [1.82, 2.24) is 9.47 Å². The molecule has 0 saturated carbocycles. The van der Waals surface area contributed by atoms with Gasteiger partial charge in [0.1, 0.15) is 0 Å². The first-order valence-corrected chi connectivity index (χ1v) is 7.86. The van der Waals surface area contributed by atoms with E-state index in [1.165, 1.54) is 0 Å². The Morgan fingerprint density at radius 2 is 1.89 bits per heavy atom. The fraction of sp³-hybridized carbons (Fsp3) is 0.667. The van der Waals surface area contributed by atoms with Crippen molar-refractivity contribution in [2.24, 2.45) is 7.05 Å². The number of hydrogen-bond acceptors (Lipinski definition) is 3. The van der Waals surface area contributed by atoms with Gasteiger partial charge in [-0.1, -0.05) is 13.8 Å². The summed E-state index contributed by atoms with van der Waals surface area (Å²) in [7, 11) is 2.02. The molecule has 0 aromatic carbocycles. The maximum Gasteiger partial charge on any atom is 0.178 e. The number of hydrogen-bond donors (Lipinski definition) is 0. The minimum atomic E-state index is 0.257. The van der Waals surface area contributed by atoms with Gasteiger partial charge in [0.2, 0.25) is 0 Å². The highest BCUT2D eigenvalue weighted by molar-refractivity contribution is 8.00. The summed E-state index contributed by atoms with van der Waals surface area (Å²) in [5.41, 5.74) is 3.12. The minimum Gasteiger partial charge on any atom is -0.351 e. The lowest BCUT2D eigenvalue weighted by Crippen LogP contribution is -2.43. The van der Waals surface area contributed by atoms with E-state index in [2.05, 4.69) is 23.3 Å². The fourth-order valence-electron chi connectivity index (χ4n) is 2.84. The molecular weight excluding hydrogens is 256 g/mol. The van der Waals surface area contributed by atoms with Crippen LogP contribution in [0, 0.1) is 13.8 Å². The molecule has 0 N–H and O–H groups in total. The molecule has 1 saturated heterocycles. The molecule has 2 rings (SSSR count). The number of thioether (sulfide) groups is 1. The second kappa shape index (κ2) is 5.71. The summed E-state index contributed by atoms with van der Waals surface area (Å²) in [6.45, 7) is 11.2. The van der Waals surface area contributed by atoms with E-state index in [0.29, 0.717) is 17.0 Å². The standard InChI is InChI=1S/C15H24N2OS/c1-10-6-14(13(4)16(10)5)15(18)9-17-7-11(2)19-12(3)8-17/h6,11-12H,7-9H2,1-5H3. The Morgan fingerprint density at radius 1 is 1.32 bits per heavy atom. The zero-order valence-corrected chi connectivity index (χ0v) is 13.4. The van der Waals surface area contributed by atoms with Gasteiger partial charge in [0.15, 0.2) is 5.78 Å². The van der Waals surface area contributed by atoms with Gasteiger partial charge in [0.05, 0.1) is 6.54 Å². The van der Waals surface area contributed by atoms with E-state index in [9.17, 15) is 4.79 Å². The third-order valence-corrected chi connectivity index (χ3v) is 5.17. The predicted octanol–water partition coefficient (Wildman–Crippen LogP) is 2.65. The van der Waals surface area contributed by atoms with Crippen molar-refractivity contribution in [2.45, 2.75) is 38.2 Å². The van der Waals surface area contributed by atoms with Crippen LogP contribution in [0.1, 0.15) is 35.6 Å². The largest absolute Gasteiger partial charge is 0.351 e. The van der Waals surface area contributed by atoms with Gasteiger partial charge >= 0.3 is 0 Å². The summed E-state index contributed by atoms with van der Waals surface area (Å²) in [5, 5.41) is 1.24. The van der Waals surface area contributed by atoms with E-state index >= 15 is 0 Å². The summed E-state index contributed by atoms with van der Waals surface area (Å²) >= 11 is 2.02.